The van der Waals surface area contributed by atoms with Crippen LogP contribution >= 0.6 is 22.9 Å². The highest BCUT2D eigenvalue weighted by Gasteiger charge is 2.48. The van der Waals surface area contributed by atoms with Gasteiger partial charge in [0.25, 0.3) is 5.78 Å². The number of amides is 1. The van der Waals surface area contributed by atoms with Gasteiger partial charge in [0.05, 0.1) is 30.5 Å². The number of thiazole rings is 1. The molecule has 2 aromatic carbocycles. The molecular formula is C28H27ClN2O6S. The summed E-state index contributed by atoms with van der Waals surface area (Å²) in [4.78, 5) is 45.0. The van der Waals surface area contributed by atoms with Crippen molar-refractivity contribution in [3.05, 3.63) is 80.8 Å². The Hall–Kier alpha value is -3.69. The molecule has 0 spiro atoms. The summed E-state index contributed by atoms with van der Waals surface area (Å²) < 4.78 is 10.8. The Morgan fingerprint density at radius 1 is 1.16 bits per heavy atom. The van der Waals surface area contributed by atoms with Gasteiger partial charge >= 0.3 is 11.9 Å². The van der Waals surface area contributed by atoms with Crippen LogP contribution in [-0.4, -0.2) is 41.0 Å². The van der Waals surface area contributed by atoms with Gasteiger partial charge in [0.1, 0.15) is 16.4 Å². The maximum atomic E-state index is 13.4. The fourth-order valence-corrected chi connectivity index (χ4v) is 5.28. The van der Waals surface area contributed by atoms with Crippen LogP contribution in [0.5, 0.6) is 5.75 Å². The van der Waals surface area contributed by atoms with Crippen molar-refractivity contribution < 1.29 is 29.0 Å². The van der Waals surface area contributed by atoms with Crippen LogP contribution in [0, 0.1) is 6.92 Å². The molecule has 0 radical (unpaired) electrons. The van der Waals surface area contributed by atoms with Gasteiger partial charge in [-0.25, -0.2) is 9.78 Å². The van der Waals surface area contributed by atoms with E-state index in [0.717, 1.165) is 24.2 Å². The van der Waals surface area contributed by atoms with E-state index in [4.69, 9.17) is 21.1 Å². The van der Waals surface area contributed by atoms with Gasteiger partial charge in [-0.3, -0.25) is 14.5 Å². The lowest BCUT2D eigenvalue weighted by atomic mass is 9.95. The number of aryl methyl sites for hydroxylation is 1. The molecule has 1 aliphatic rings. The van der Waals surface area contributed by atoms with Gasteiger partial charge in [-0.2, -0.15) is 0 Å². The summed E-state index contributed by atoms with van der Waals surface area (Å²) in [5.74, 6) is -2.02. The molecule has 0 unspecified atom stereocenters. The third-order valence-corrected chi connectivity index (χ3v) is 7.33. The smallest absolute Gasteiger partial charge is 0.350 e. The van der Waals surface area contributed by atoms with Gasteiger partial charge in [-0.05, 0) is 62.2 Å². The Labute approximate surface area is 229 Å². The van der Waals surface area contributed by atoms with E-state index in [2.05, 4.69) is 11.9 Å². The van der Waals surface area contributed by atoms with E-state index in [-0.39, 0.29) is 27.9 Å². The molecule has 0 bridgehead atoms. The molecule has 198 valence electrons. The van der Waals surface area contributed by atoms with Crippen molar-refractivity contribution >= 4 is 51.5 Å². The van der Waals surface area contributed by atoms with E-state index < -0.39 is 23.7 Å². The van der Waals surface area contributed by atoms with Crippen LogP contribution in [0.3, 0.4) is 0 Å². The number of aromatic nitrogens is 1. The molecular weight excluding hydrogens is 528 g/mol. The Bertz CT molecular complexity index is 1400. The number of ketones is 1. The Morgan fingerprint density at radius 3 is 2.55 bits per heavy atom. The van der Waals surface area contributed by atoms with Crippen LogP contribution in [-0.2, 0) is 14.3 Å². The number of anilines is 1. The number of hydrogen-bond acceptors (Lipinski definition) is 8. The van der Waals surface area contributed by atoms with E-state index in [1.165, 1.54) is 4.90 Å². The second kappa shape index (κ2) is 11.8. The van der Waals surface area contributed by atoms with Crippen molar-refractivity contribution in [2.75, 3.05) is 18.1 Å². The number of unbranched alkanes of at least 4 members (excludes halogenated alkanes) is 1. The molecule has 38 heavy (non-hydrogen) atoms. The van der Waals surface area contributed by atoms with Crippen LogP contribution in [0.15, 0.2) is 54.1 Å². The molecule has 1 aromatic heterocycles. The first-order chi connectivity index (χ1) is 18.3. The summed E-state index contributed by atoms with van der Waals surface area (Å²) in [6.07, 6.45) is 1.92. The molecule has 0 saturated carbocycles. The number of aliphatic hydroxyl groups excluding tert-OH is 1. The van der Waals surface area contributed by atoms with Gasteiger partial charge in [-0.15, -0.1) is 0 Å². The fraction of sp³-hybridized carbons (Fsp3) is 0.286. The van der Waals surface area contributed by atoms with E-state index in [0.29, 0.717) is 34.2 Å². The van der Waals surface area contributed by atoms with Crippen LogP contribution in [0.1, 0.15) is 59.2 Å². The van der Waals surface area contributed by atoms with Gasteiger partial charge < -0.3 is 14.6 Å². The highest BCUT2D eigenvalue weighted by molar-refractivity contribution is 7.17. The standard InChI is InChI=1S/C28H27ClN2O6S/c1-4-6-14-37-20-12-10-17(11-13-20)23(32)21-22(18-8-7-9-19(29)15-18)31(26(34)24(21)33)28-30-16(3)25(38-28)27(35)36-5-2/h7-13,15,22,32H,4-6,14H2,1-3H3/t22-/m0/s1. The first kappa shape index (κ1) is 27.3. The predicted molar refractivity (Wildman–Crippen MR) is 146 cm³/mol. The average molecular weight is 555 g/mol. The van der Waals surface area contributed by atoms with Crippen molar-refractivity contribution in [1.82, 2.24) is 4.98 Å². The number of nitrogens with zero attached hydrogens (tertiary/aromatic N) is 2. The number of Topliss-reactive ketones (excluding diaryl/α,β-unsaturated/α-hetero) is 1. The minimum absolute atomic E-state index is 0.109. The molecule has 1 saturated heterocycles. The molecule has 1 N–H and O–H groups in total. The largest absolute Gasteiger partial charge is 0.507 e. The van der Waals surface area contributed by atoms with Crippen LogP contribution in [0.2, 0.25) is 5.02 Å². The van der Waals surface area contributed by atoms with E-state index in [9.17, 15) is 19.5 Å². The molecule has 1 amide bonds. The van der Waals surface area contributed by atoms with Gasteiger partial charge in [0, 0.05) is 10.6 Å². The minimum atomic E-state index is -1.02. The van der Waals surface area contributed by atoms with Gasteiger partial charge in [0.15, 0.2) is 5.13 Å². The number of ether oxygens (including phenoxy) is 2. The quantitative estimate of drug-likeness (QED) is 0.112. The number of aliphatic hydroxyl groups is 1. The zero-order chi connectivity index (χ0) is 27.4. The van der Waals surface area contributed by atoms with Crippen molar-refractivity contribution in [1.29, 1.82) is 0 Å². The number of carbonyl (C=O) groups is 3. The first-order valence-corrected chi connectivity index (χ1v) is 13.4. The number of carbonyl (C=O) groups excluding carboxylic acids is 3. The summed E-state index contributed by atoms with van der Waals surface area (Å²) >= 11 is 7.20. The molecule has 10 heteroatoms. The van der Waals surface area contributed by atoms with E-state index in [1.807, 2.05) is 0 Å². The van der Waals surface area contributed by atoms with Gasteiger partial charge in [0.2, 0.25) is 0 Å². The normalized spacial score (nSPS) is 16.6. The van der Waals surface area contributed by atoms with Crippen molar-refractivity contribution in [2.24, 2.45) is 0 Å². The third-order valence-electron chi connectivity index (χ3n) is 5.96. The molecule has 1 aliphatic heterocycles. The summed E-state index contributed by atoms with van der Waals surface area (Å²) in [7, 11) is 0. The Balaban J connectivity index is 1.81. The summed E-state index contributed by atoms with van der Waals surface area (Å²) in [5.41, 5.74) is 1.11. The highest BCUT2D eigenvalue weighted by Crippen LogP contribution is 2.44. The van der Waals surface area contributed by atoms with Crippen LogP contribution in [0.25, 0.3) is 5.76 Å². The summed E-state index contributed by atoms with van der Waals surface area (Å²) in [6.45, 7) is 6.14. The third kappa shape index (κ3) is 5.44. The van der Waals surface area contributed by atoms with Crippen molar-refractivity contribution in [2.45, 2.75) is 39.7 Å². The molecule has 1 fully saturated rings. The van der Waals surface area contributed by atoms with Crippen molar-refractivity contribution in [3.8, 4) is 5.75 Å². The molecule has 4 rings (SSSR count). The minimum Gasteiger partial charge on any atom is -0.507 e. The lowest BCUT2D eigenvalue weighted by Crippen LogP contribution is -2.29. The predicted octanol–water partition coefficient (Wildman–Crippen LogP) is 6.09. The maximum absolute atomic E-state index is 13.4. The Kier molecular flexibility index (Phi) is 8.48. The lowest BCUT2D eigenvalue weighted by Gasteiger charge is -2.23. The Morgan fingerprint density at radius 2 is 1.89 bits per heavy atom. The fourth-order valence-electron chi connectivity index (χ4n) is 4.09. The van der Waals surface area contributed by atoms with E-state index in [1.54, 1.807) is 62.4 Å². The van der Waals surface area contributed by atoms with Gasteiger partial charge in [-0.1, -0.05) is 48.4 Å². The summed E-state index contributed by atoms with van der Waals surface area (Å²) in [5, 5.41) is 11.8. The first-order valence-electron chi connectivity index (χ1n) is 12.2. The maximum Gasteiger partial charge on any atom is 0.350 e. The van der Waals surface area contributed by atoms with Crippen LogP contribution < -0.4 is 9.64 Å². The topological polar surface area (TPSA) is 106 Å². The number of halogens is 1. The molecule has 8 nitrogen and oxygen atoms in total. The SMILES string of the molecule is CCCCOc1ccc(C(O)=C2C(=O)C(=O)N(c3nc(C)c(C(=O)OCC)s3)[C@H]2c2cccc(Cl)c2)cc1. The summed E-state index contributed by atoms with van der Waals surface area (Å²) in [6, 6.07) is 12.3. The van der Waals surface area contributed by atoms with Crippen LogP contribution in [0.4, 0.5) is 5.13 Å². The highest BCUT2D eigenvalue weighted by atomic mass is 35.5. The number of esters is 1. The second-order valence-corrected chi connectivity index (χ2v) is 10.00. The number of benzene rings is 2. The van der Waals surface area contributed by atoms with E-state index >= 15 is 0 Å². The zero-order valence-electron chi connectivity index (χ0n) is 21.2. The molecule has 2 heterocycles. The second-order valence-electron chi connectivity index (χ2n) is 8.58. The molecule has 0 aliphatic carbocycles. The molecule has 3 aromatic rings. The van der Waals surface area contributed by atoms with Crippen molar-refractivity contribution in [3.63, 3.8) is 0 Å². The molecule has 1 atom stereocenters. The zero-order valence-corrected chi connectivity index (χ0v) is 22.8. The number of rotatable bonds is 9. The number of hydrogen-bond donors (Lipinski definition) is 1. The lowest BCUT2D eigenvalue weighted by molar-refractivity contribution is -0.132. The average Bonchev–Trinajstić information content (AvgIpc) is 3.41. The monoisotopic (exact) mass is 554 g/mol.